The molecule has 1 N–H and O–H groups in total. The first-order chi connectivity index (χ1) is 11.4. The average molecular weight is 335 g/mol. The van der Waals surface area contributed by atoms with Crippen LogP contribution in [0, 0.1) is 16.0 Å². The molecule has 0 bridgehead atoms. The number of hydrogen-bond donors (Lipinski definition) is 1. The van der Waals surface area contributed by atoms with Gasteiger partial charge in [0.15, 0.2) is 0 Å². The Balaban J connectivity index is 1.99. The molecule has 1 fully saturated rings. The van der Waals surface area contributed by atoms with Gasteiger partial charge in [-0.25, -0.2) is 4.79 Å². The second kappa shape index (κ2) is 7.76. The normalized spacial score (nSPS) is 18.6. The summed E-state index contributed by atoms with van der Waals surface area (Å²) >= 11 is 0. The average Bonchev–Trinajstić information content (AvgIpc) is 2.61. The molecule has 0 aliphatic carbocycles. The van der Waals surface area contributed by atoms with Gasteiger partial charge in [-0.15, -0.1) is 0 Å². The molecule has 0 saturated carbocycles. The summed E-state index contributed by atoms with van der Waals surface area (Å²) in [5.74, 6) is -0.471. The van der Waals surface area contributed by atoms with E-state index >= 15 is 0 Å². The number of nitro groups is 1. The number of methoxy groups -OCH3 is 1. The minimum Gasteiger partial charge on any atom is -0.453 e. The number of likely N-dealkylation sites (tertiary alicyclic amines) is 1. The summed E-state index contributed by atoms with van der Waals surface area (Å²) in [4.78, 5) is 35.9. The molecule has 2 amide bonds. The molecular weight excluding hydrogens is 314 g/mol. The van der Waals surface area contributed by atoms with Gasteiger partial charge in [0, 0.05) is 25.2 Å². The van der Waals surface area contributed by atoms with Crippen molar-refractivity contribution in [3.05, 3.63) is 39.9 Å². The Morgan fingerprint density at radius 1 is 1.46 bits per heavy atom. The molecule has 0 aromatic heterocycles. The van der Waals surface area contributed by atoms with Gasteiger partial charge in [-0.05, 0) is 25.3 Å². The van der Waals surface area contributed by atoms with Gasteiger partial charge in [-0.1, -0.05) is 12.1 Å². The SMILES string of the molecule is COC(=O)N1CCC[C@H](C(=O)N[C@H](C)c2cccc([N+](=O)[O-])c2)C1. The van der Waals surface area contributed by atoms with E-state index in [1.165, 1.54) is 24.1 Å². The van der Waals surface area contributed by atoms with E-state index in [2.05, 4.69) is 5.32 Å². The van der Waals surface area contributed by atoms with E-state index in [0.717, 1.165) is 6.42 Å². The highest BCUT2D eigenvalue weighted by atomic mass is 16.6. The van der Waals surface area contributed by atoms with E-state index < -0.39 is 11.0 Å². The summed E-state index contributed by atoms with van der Waals surface area (Å²) in [6.45, 7) is 2.68. The number of carbonyl (C=O) groups excluding carboxylic acids is 2. The van der Waals surface area contributed by atoms with Gasteiger partial charge in [0.1, 0.15) is 0 Å². The molecule has 1 aliphatic rings. The number of nitrogens with one attached hydrogen (secondary N) is 1. The van der Waals surface area contributed by atoms with Crippen LogP contribution in [0.4, 0.5) is 10.5 Å². The van der Waals surface area contributed by atoms with Crippen molar-refractivity contribution in [3.8, 4) is 0 Å². The lowest BCUT2D eigenvalue weighted by molar-refractivity contribution is -0.384. The van der Waals surface area contributed by atoms with Crippen LogP contribution in [0.2, 0.25) is 0 Å². The van der Waals surface area contributed by atoms with Crippen molar-refractivity contribution in [2.45, 2.75) is 25.8 Å². The highest BCUT2D eigenvalue weighted by Gasteiger charge is 2.29. The maximum absolute atomic E-state index is 12.4. The number of piperidine rings is 1. The smallest absolute Gasteiger partial charge is 0.409 e. The third kappa shape index (κ3) is 4.21. The Hall–Kier alpha value is -2.64. The van der Waals surface area contributed by atoms with Gasteiger partial charge in [0.05, 0.1) is 24.0 Å². The number of hydrogen-bond acceptors (Lipinski definition) is 5. The second-order valence-corrected chi connectivity index (χ2v) is 5.84. The van der Waals surface area contributed by atoms with Gasteiger partial charge in [0.25, 0.3) is 5.69 Å². The fourth-order valence-corrected chi connectivity index (χ4v) is 2.81. The van der Waals surface area contributed by atoms with Crippen LogP contribution >= 0.6 is 0 Å². The van der Waals surface area contributed by atoms with E-state index in [9.17, 15) is 19.7 Å². The number of amides is 2. The highest BCUT2D eigenvalue weighted by Crippen LogP contribution is 2.21. The minimum absolute atomic E-state index is 0.0110. The van der Waals surface area contributed by atoms with Crippen molar-refractivity contribution in [2.24, 2.45) is 5.92 Å². The molecule has 1 aromatic rings. The first kappa shape index (κ1) is 17.7. The number of non-ortho nitro benzene ring substituents is 1. The topological polar surface area (TPSA) is 102 Å². The minimum atomic E-state index is -0.465. The van der Waals surface area contributed by atoms with Gasteiger partial charge < -0.3 is 15.0 Å². The Morgan fingerprint density at radius 2 is 2.21 bits per heavy atom. The molecule has 1 aromatic carbocycles. The van der Waals surface area contributed by atoms with E-state index in [-0.39, 0.29) is 23.6 Å². The summed E-state index contributed by atoms with van der Waals surface area (Å²) in [5, 5.41) is 13.7. The fourth-order valence-electron chi connectivity index (χ4n) is 2.81. The van der Waals surface area contributed by atoms with Gasteiger partial charge in [0.2, 0.25) is 5.91 Å². The Labute approximate surface area is 139 Å². The lowest BCUT2D eigenvalue weighted by Crippen LogP contribution is -2.45. The van der Waals surface area contributed by atoms with Crippen LogP contribution in [0.25, 0.3) is 0 Å². The Morgan fingerprint density at radius 3 is 2.88 bits per heavy atom. The maximum Gasteiger partial charge on any atom is 0.409 e. The molecule has 24 heavy (non-hydrogen) atoms. The lowest BCUT2D eigenvalue weighted by Gasteiger charge is -2.31. The third-order valence-corrected chi connectivity index (χ3v) is 4.16. The van der Waals surface area contributed by atoms with Crippen molar-refractivity contribution >= 4 is 17.7 Å². The van der Waals surface area contributed by atoms with Crippen molar-refractivity contribution in [2.75, 3.05) is 20.2 Å². The summed E-state index contributed by atoms with van der Waals surface area (Å²) in [6.07, 6.45) is 0.999. The Bertz CT molecular complexity index is 634. The molecule has 0 radical (unpaired) electrons. The monoisotopic (exact) mass is 335 g/mol. The maximum atomic E-state index is 12.4. The second-order valence-electron chi connectivity index (χ2n) is 5.84. The van der Waals surface area contributed by atoms with Crippen LogP contribution in [0.1, 0.15) is 31.4 Å². The standard InChI is InChI=1S/C16H21N3O5/c1-11(12-5-3-7-14(9-12)19(22)23)17-15(20)13-6-4-8-18(10-13)16(21)24-2/h3,5,7,9,11,13H,4,6,8,10H2,1-2H3,(H,17,20)/t11-,13+/m1/s1. The zero-order valence-corrected chi connectivity index (χ0v) is 13.7. The van der Waals surface area contributed by atoms with Crippen LogP contribution in [0.5, 0.6) is 0 Å². The first-order valence-corrected chi connectivity index (χ1v) is 7.80. The third-order valence-electron chi connectivity index (χ3n) is 4.16. The fraction of sp³-hybridized carbons (Fsp3) is 0.500. The molecule has 8 nitrogen and oxygen atoms in total. The number of rotatable bonds is 4. The van der Waals surface area contributed by atoms with Crippen molar-refractivity contribution in [3.63, 3.8) is 0 Å². The molecule has 1 saturated heterocycles. The van der Waals surface area contributed by atoms with E-state index in [0.29, 0.717) is 25.1 Å². The zero-order valence-electron chi connectivity index (χ0n) is 13.7. The summed E-state index contributed by atoms with van der Waals surface area (Å²) in [5.41, 5.74) is 0.654. The molecule has 2 atom stereocenters. The molecule has 1 aliphatic heterocycles. The van der Waals surface area contributed by atoms with Gasteiger partial charge in [-0.2, -0.15) is 0 Å². The number of nitro benzene ring substituents is 1. The van der Waals surface area contributed by atoms with Crippen LogP contribution < -0.4 is 5.32 Å². The molecule has 8 heteroatoms. The number of carbonyl (C=O) groups is 2. The van der Waals surface area contributed by atoms with Crippen molar-refractivity contribution in [1.29, 1.82) is 0 Å². The largest absolute Gasteiger partial charge is 0.453 e. The van der Waals surface area contributed by atoms with Crippen LogP contribution in [-0.2, 0) is 9.53 Å². The predicted octanol–water partition coefficient (Wildman–Crippen LogP) is 2.25. The lowest BCUT2D eigenvalue weighted by atomic mass is 9.96. The van der Waals surface area contributed by atoms with E-state index in [4.69, 9.17) is 4.74 Å². The zero-order chi connectivity index (χ0) is 17.7. The summed E-state index contributed by atoms with van der Waals surface area (Å²) in [7, 11) is 1.32. The van der Waals surface area contributed by atoms with Crippen LogP contribution in [-0.4, -0.2) is 42.0 Å². The number of nitrogens with zero attached hydrogens (tertiary/aromatic N) is 2. The van der Waals surface area contributed by atoms with E-state index in [1.807, 2.05) is 0 Å². The molecule has 0 spiro atoms. The molecule has 130 valence electrons. The van der Waals surface area contributed by atoms with Gasteiger partial charge >= 0.3 is 6.09 Å². The highest BCUT2D eigenvalue weighted by molar-refractivity contribution is 5.80. The molecule has 1 heterocycles. The first-order valence-electron chi connectivity index (χ1n) is 7.80. The Kier molecular flexibility index (Phi) is 5.73. The van der Waals surface area contributed by atoms with Crippen molar-refractivity contribution in [1.82, 2.24) is 10.2 Å². The molecule has 0 unspecified atom stereocenters. The predicted molar refractivity (Wildman–Crippen MR) is 86.4 cm³/mol. The molecular formula is C16H21N3O5. The summed E-state index contributed by atoms with van der Waals surface area (Å²) in [6, 6.07) is 5.83. The number of ether oxygens (including phenoxy) is 1. The number of benzene rings is 1. The summed E-state index contributed by atoms with van der Waals surface area (Å²) < 4.78 is 4.70. The van der Waals surface area contributed by atoms with E-state index in [1.54, 1.807) is 19.1 Å². The van der Waals surface area contributed by atoms with Crippen molar-refractivity contribution < 1.29 is 19.2 Å². The van der Waals surface area contributed by atoms with Gasteiger partial charge in [-0.3, -0.25) is 14.9 Å². The van der Waals surface area contributed by atoms with Crippen LogP contribution in [0.3, 0.4) is 0 Å². The molecule has 2 rings (SSSR count). The quantitative estimate of drug-likeness (QED) is 0.671. The van der Waals surface area contributed by atoms with Crippen LogP contribution in [0.15, 0.2) is 24.3 Å².